The number of aromatic nitrogens is 2. The number of anilines is 1. The van der Waals surface area contributed by atoms with Crippen LogP contribution in [0.3, 0.4) is 0 Å². The van der Waals surface area contributed by atoms with E-state index in [0.29, 0.717) is 9.72 Å². The van der Waals surface area contributed by atoms with Gasteiger partial charge in [-0.3, -0.25) is 4.79 Å². The summed E-state index contributed by atoms with van der Waals surface area (Å²) in [5, 5.41) is 0.640. The van der Waals surface area contributed by atoms with Gasteiger partial charge in [0.15, 0.2) is 0 Å². The second kappa shape index (κ2) is 5.23. The Kier molecular flexibility index (Phi) is 3.91. The van der Waals surface area contributed by atoms with Crippen molar-refractivity contribution in [1.82, 2.24) is 9.97 Å². The Morgan fingerprint density at radius 3 is 3.31 bits per heavy atom. The average Bonchev–Trinajstić information content (AvgIpc) is 2.33. The summed E-state index contributed by atoms with van der Waals surface area (Å²) in [6.07, 6.45) is 2.62. The lowest BCUT2D eigenvalue weighted by atomic mass is 10.3. The van der Waals surface area contributed by atoms with Crippen molar-refractivity contribution in [2.75, 3.05) is 23.7 Å². The molecule has 88 valence electrons. The molecule has 2 heterocycles. The number of hydrogen-bond acceptors (Lipinski definition) is 4. The molecule has 16 heavy (non-hydrogen) atoms. The minimum atomic E-state index is -0.115. The zero-order valence-corrected chi connectivity index (χ0v) is 11.5. The van der Waals surface area contributed by atoms with Gasteiger partial charge in [-0.15, -0.1) is 0 Å². The Morgan fingerprint density at radius 1 is 1.75 bits per heavy atom. The maximum absolute atomic E-state index is 11.5. The minimum absolute atomic E-state index is 0.115. The highest BCUT2D eigenvalue weighted by molar-refractivity contribution is 9.10. The molecule has 1 fully saturated rings. The summed E-state index contributed by atoms with van der Waals surface area (Å²) in [5.41, 5.74) is -0.115. The van der Waals surface area contributed by atoms with Gasteiger partial charge in [-0.05, 0) is 22.4 Å². The summed E-state index contributed by atoms with van der Waals surface area (Å²) >= 11 is 5.30. The molecule has 2 rings (SSSR count). The average molecular weight is 304 g/mol. The summed E-state index contributed by atoms with van der Waals surface area (Å²) < 4.78 is 0.539. The number of rotatable bonds is 2. The summed E-state index contributed by atoms with van der Waals surface area (Å²) in [6.45, 7) is 4.12. The van der Waals surface area contributed by atoms with Crippen molar-refractivity contribution in [3.05, 3.63) is 21.2 Å². The van der Waals surface area contributed by atoms with Gasteiger partial charge in [0, 0.05) is 24.1 Å². The standard InChI is InChI=1S/C10H14BrN3OS/c1-2-7-5-14(3-4-16-7)9-8(11)10(15)13-6-12-9/h6-7H,2-5H2,1H3,(H,12,13,15). The van der Waals surface area contributed by atoms with Crippen LogP contribution < -0.4 is 10.5 Å². The lowest BCUT2D eigenvalue weighted by Gasteiger charge is -2.32. The van der Waals surface area contributed by atoms with E-state index in [1.165, 1.54) is 6.33 Å². The Balaban J connectivity index is 2.23. The fourth-order valence-corrected chi connectivity index (χ4v) is 3.40. The number of aromatic amines is 1. The number of nitrogens with one attached hydrogen (secondary N) is 1. The fraction of sp³-hybridized carbons (Fsp3) is 0.600. The number of halogens is 1. The molecule has 1 saturated heterocycles. The van der Waals surface area contributed by atoms with Crippen LogP contribution in [0.25, 0.3) is 0 Å². The van der Waals surface area contributed by atoms with E-state index in [4.69, 9.17) is 0 Å². The maximum atomic E-state index is 11.5. The summed E-state index contributed by atoms with van der Waals surface area (Å²) in [7, 11) is 0. The third kappa shape index (κ3) is 2.43. The van der Waals surface area contributed by atoms with Crippen molar-refractivity contribution in [2.45, 2.75) is 18.6 Å². The van der Waals surface area contributed by atoms with E-state index in [2.05, 4.69) is 37.7 Å². The van der Waals surface area contributed by atoms with Gasteiger partial charge in [-0.2, -0.15) is 11.8 Å². The molecular formula is C10H14BrN3OS. The van der Waals surface area contributed by atoms with Crippen LogP contribution in [-0.2, 0) is 0 Å². The predicted octanol–water partition coefficient (Wildman–Crippen LogP) is 1.86. The quantitative estimate of drug-likeness (QED) is 0.906. The molecule has 1 aromatic rings. The highest BCUT2D eigenvalue weighted by atomic mass is 79.9. The summed E-state index contributed by atoms with van der Waals surface area (Å²) in [5.74, 6) is 1.86. The lowest BCUT2D eigenvalue weighted by molar-refractivity contribution is 0.716. The molecule has 1 aromatic heterocycles. The van der Waals surface area contributed by atoms with Crippen molar-refractivity contribution < 1.29 is 0 Å². The van der Waals surface area contributed by atoms with Gasteiger partial charge in [-0.1, -0.05) is 6.92 Å². The van der Waals surface area contributed by atoms with E-state index in [-0.39, 0.29) is 5.56 Å². The van der Waals surface area contributed by atoms with Gasteiger partial charge >= 0.3 is 0 Å². The normalized spacial score (nSPS) is 21.1. The Labute approximate surface area is 107 Å². The van der Waals surface area contributed by atoms with Crippen LogP contribution >= 0.6 is 27.7 Å². The van der Waals surface area contributed by atoms with E-state index < -0.39 is 0 Å². The maximum Gasteiger partial charge on any atom is 0.267 e. The fourth-order valence-electron chi connectivity index (χ4n) is 1.75. The van der Waals surface area contributed by atoms with Crippen LogP contribution in [0.4, 0.5) is 5.82 Å². The Bertz CT molecular complexity index is 423. The van der Waals surface area contributed by atoms with E-state index in [0.717, 1.165) is 31.1 Å². The van der Waals surface area contributed by atoms with E-state index in [9.17, 15) is 4.79 Å². The van der Waals surface area contributed by atoms with Crippen LogP contribution in [0.1, 0.15) is 13.3 Å². The van der Waals surface area contributed by atoms with E-state index >= 15 is 0 Å². The smallest absolute Gasteiger partial charge is 0.267 e. The molecule has 1 N–H and O–H groups in total. The first-order valence-corrected chi connectivity index (χ1v) is 7.16. The Morgan fingerprint density at radius 2 is 2.56 bits per heavy atom. The molecule has 0 radical (unpaired) electrons. The molecule has 0 bridgehead atoms. The Hall–Kier alpha value is -0.490. The van der Waals surface area contributed by atoms with Gasteiger partial charge in [-0.25, -0.2) is 4.98 Å². The molecule has 1 unspecified atom stereocenters. The summed E-state index contributed by atoms with van der Waals surface area (Å²) in [6, 6.07) is 0. The minimum Gasteiger partial charge on any atom is -0.354 e. The van der Waals surface area contributed by atoms with Crippen LogP contribution in [0.5, 0.6) is 0 Å². The second-order valence-corrected chi connectivity index (χ2v) is 5.92. The van der Waals surface area contributed by atoms with Crippen LogP contribution in [0.15, 0.2) is 15.6 Å². The number of thioether (sulfide) groups is 1. The van der Waals surface area contributed by atoms with Gasteiger partial charge in [0.25, 0.3) is 5.56 Å². The molecule has 1 aliphatic rings. The van der Waals surface area contributed by atoms with Crippen LogP contribution in [-0.4, -0.2) is 34.1 Å². The zero-order valence-electron chi connectivity index (χ0n) is 9.07. The molecule has 0 saturated carbocycles. The molecule has 1 aliphatic heterocycles. The predicted molar refractivity (Wildman–Crippen MR) is 71.3 cm³/mol. The molecule has 4 nitrogen and oxygen atoms in total. The lowest BCUT2D eigenvalue weighted by Crippen LogP contribution is -2.39. The molecule has 0 spiro atoms. The monoisotopic (exact) mass is 303 g/mol. The third-order valence-electron chi connectivity index (χ3n) is 2.67. The number of nitrogens with zero attached hydrogens (tertiary/aromatic N) is 2. The van der Waals surface area contributed by atoms with Crippen molar-refractivity contribution in [3.8, 4) is 0 Å². The molecule has 6 heteroatoms. The highest BCUT2D eigenvalue weighted by Crippen LogP contribution is 2.27. The first-order valence-electron chi connectivity index (χ1n) is 5.32. The number of H-pyrrole nitrogens is 1. The molecule has 1 atom stereocenters. The van der Waals surface area contributed by atoms with Gasteiger partial charge < -0.3 is 9.88 Å². The highest BCUT2D eigenvalue weighted by Gasteiger charge is 2.22. The molecule has 0 aliphatic carbocycles. The van der Waals surface area contributed by atoms with Crippen molar-refractivity contribution in [1.29, 1.82) is 0 Å². The topological polar surface area (TPSA) is 49.0 Å². The van der Waals surface area contributed by atoms with Gasteiger partial charge in [0.2, 0.25) is 0 Å². The molecule has 0 aromatic carbocycles. The van der Waals surface area contributed by atoms with Gasteiger partial charge in [0.1, 0.15) is 10.3 Å². The first-order chi connectivity index (χ1) is 7.72. The SMILES string of the molecule is CCC1CN(c2nc[nH]c(=O)c2Br)CCS1. The summed E-state index contributed by atoms with van der Waals surface area (Å²) in [4.78, 5) is 20.4. The van der Waals surface area contributed by atoms with E-state index in [1.807, 2.05) is 11.8 Å². The zero-order chi connectivity index (χ0) is 11.5. The third-order valence-corrected chi connectivity index (χ3v) is 4.76. The van der Waals surface area contributed by atoms with Crippen LogP contribution in [0, 0.1) is 0 Å². The second-order valence-electron chi connectivity index (χ2n) is 3.72. The molecule has 0 amide bonds. The van der Waals surface area contributed by atoms with Crippen molar-refractivity contribution in [2.24, 2.45) is 0 Å². The first kappa shape index (κ1) is 12.0. The van der Waals surface area contributed by atoms with Gasteiger partial charge in [0.05, 0.1) is 6.33 Å². The van der Waals surface area contributed by atoms with Crippen LogP contribution in [0.2, 0.25) is 0 Å². The number of hydrogen-bond donors (Lipinski definition) is 1. The van der Waals surface area contributed by atoms with Crippen molar-refractivity contribution >= 4 is 33.5 Å². The van der Waals surface area contributed by atoms with Crippen molar-refractivity contribution in [3.63, 3.8) is 0 Å². The van der Waals surface area contributed by atoms with E-state index in [1.54, 1.807) is 0 Å². The largest absolute Gasteiger partial charge is 0.354 e. The molecular weight excluding hydrogens is 290 g/mol.